The second kappa shape index (κ2) is 10.4. The molecule has 5 rings (SSSR count). The Morgan fingerprint density at radius 2 is 1.65 bits per heavy atom. The number of hydrogen-bond donors (Lipinski definition) is 3. The van der Waals surface area contributed by atoms with Gasteiger partial charge in [0.1, 0.15) is 34.8 Å². The van der Waals surface area contributed by atoms with Crippen LogP contribution in [0.1, 0.15) is 57.1 Å². The Morgan fingerprint density at radius 3 is 2.27 bits per heavy atom. The summed E-state index contributed by atoms with van der Waals surface area (Å²) in [5.74, 6) is -4.77. The number of sulfonamides is 1. The van der Waals surface area contributed by atoms with Gasteiger partial charge in [-0.2, -0.15) is 5.10 Å². The van der Waals surface area contributed by atoms with Gasteiger partial charge in [-0.25, -0.2) is 31.0 Å². The van der Waals surface area contributed by atoms with Crippen molar-refractivity contribution in [2.45, 2.75) is 62.4 Å². The minimum atomic E-state index is -4.93. The highest BCUT2D eigenvalue weighted by atomic mass is 32.2. The van der Waals surface area contributed by atoms with Gasteiger partial charge in [0.2, 0.25) is 0 Å². The highest BCUT2D eigenvalue weighted by Crippen LogP contribution is 2.42. The molecule has 2 aromatic heterocycles. The predicted molar refractivity (Wildman–Crippen MR) is 144 cm³/mol. The molecule has 0 radical (unpaired) electrons. The normalized spacial score (nSPS) is 18.0. The second-order valence-corrected chi connectivity index (χ2v) is 11.9. The number of halogens is 4. The third-order valence-corrected chi connectivity index (χ3v) is 8.64. The smallest absolute Gasteiger partial charge is 0.267 e. The van der Waals surface area contributed by atoms with E-state index in [9.17, 15) is 17.2 Å². The van der Waals surface area contributed by atoms with Crippen LogP contribution in [0.3, 0.4) is 0 Å². The van der Waals surface area contributed by atoms with E-state index in [0.29, 0.717) is 17.0 Å². The van der Waals surface area contributed by atoms with Gasteiger partial charge < -0.3 is 11.5 Å². The second-order valence-electron chi connectivity index (χ2n) is 10.3. The van der Waals surface area contributed by atoms with Gasteiger partial charge in [-0.05, 0) is 69.2 Å². The molecule has 0 bridgehead atoms. The fraction of sp³-hybridized carbons (Fsp3) is 0.333. The maximum Gasteiger partial charge on any atom is 0.267 e. The van der Waals surface area contributed by atoms with Crippen molar-refractivity contribution in [3.63, 3.8) is 0 Å². The molecule has 2 heterocycles. The molecule has 0 unspecified atom stereocenters. The van der Waals surface area contributed by atoms with E-state index >= 15 is 8.78 Å². The number of nitrogens with one attached hydrogen (secondary N) is 1. The van der Waals surface area contributed by atoms with E-state index in [4.69, 9.17) is 11.5 Å². The Balaban J connectivity index is 1.62. The van der Waals surface area contributed by atoms with Crippen molar-refractivity contribution in [3.8, 4) is 11.3 Å². The standard InChI is InChI=1S/C27H28F4N6O2S/c1-13(2)37-25-17(14-6-8-15(32)9-7-14)12-34-27(33)23(25)24(35-37)16-10-21(31)22(11-20(16)30)36-40(38,39)26-18(28)4-3-5-19(26)29/h3-5,10-15,36H,6-9,32H2,1-2H3,(H2,33,34)/t14-,15-. The van der Waals surface area contributed by atoms with Crippen LogP contribution >= 0.6 is 0 Å². The lowest BCUT2D eigenvalue weighted by Crippen LogP contribution is -2.26. The zero-order chi connectivity index (χ0) is 28.9. The van der Waals surface area contributed by atoms with E-state index in [0.717, 1.165) is 55.5 Å². The quantitative estimate of drug-likeness (QED) is 0.256. The Labute approximate surface area is 228 Å². The van der Waals surface area contributed by atoms with Crippen molar-refractivity contribution in [3.05, 3.63) is 65.4 Å². The minimum Gasteiger partial charge on any atom is -0.383 e. The molecule has 1 aliphatic rings. The first-order valence-corrected chi connectivity index (χ1v) is 14.3. The van der Waals surface area contributed by atoms with Crippen LogP contribution in [0.4, 0.5) is 29.1 Å². The summed E-state index contributed by atoms with van der Waals surface area (Å²) in [7, 11) is -4.93. The Bertz CT molecular complexity index is 1700. The molecule has 0 atom stereocenters. The molecule has 2 aromatic carbocycles. The number of rotatable bonds is 6. The molecular weight excluding hydrogens is 548 g/mol. The Kier molecular flexibility index (Phi) is 7.21. The first-order valence-electron chi connectivity index (χ1n) is 12.8. The molecule has 0 aliphatic heterocycles. The van der Waals surface area contributed by atoms with Crippen LogP contribution in [-0.2, 0) is 10.0 Å². The van der Waals surface area contributed by atoms with Gasteiger partial charge in [-0.3, -0.25) is 9.40 Å². The molecule has 212 valence electrons. The molecule has 1 saturated carbocycles. The van der Waals surface area contributed by atoms with Gasteiger partial charge in [0, 0.05) is 29.9 Å². The summed E-state index contributed by atoms with van der Waals surface area (Å²) in [5.41, 5.74) is 12.8. The molecule has 4 aromatic rings. The summed E-state index contributed by atoms with van der Waals surface area (Å²) in [6, 6.07) is 3.78. The van der Waals surface area contributed by atoms with Crippen molar-refractivity contribution < 1.29 is 26.0 Å². The van der Waals surface area contributed by atoms with E-state index in [2.05, 4.69) is 10.1 Å². The van der Waals surface area contributed by atoms with Crippen LogP contribution in [-0.4, -0.2) is 29.2 Å². The lowest BCUT2D eigenvalue weighted by atomic mass is 9.82. The molecule has 0 saturated heterocycles. The SMILES string of the molecule is CC(C)n1nc(-c2cc(F)c(NS(=O)(=O)c3c(F)cccc3F)cc2F)c2c(N)ncc([C@H]3CC[C@H](N)CC3)c21. The van der Waals surface area contributed by atoms with E-state index in [1.807, 2.05) is 13.8 Å². The number of fused-ring (bicyclic) bond motifs is 1. The van der Waals surface area contributed by atoms with E-state index in [1.54, 1.807) is 15.6 Å². The van der Waals surface area contributed by atoms with Crippen LogP contribution < -0.4 is 16.2 Å². The van der Waals surface area contributed by atoms with Crippen LogP contribution in [0, 0.1) is 23.3 Å². The molecule has 13 heteroatoms. The van der Waals surface area contributed by atoms with E-state index in [-0.39, 0.29) is 35.1 Å². The lowest BCUT2D eigenvalue weighted by Gasteiger charge is -2.27. The van der Waals surface area contributed by atoms with Crippen LogP contribution in [0.15, 0.2) is 41.4 Å². The molecule has 1 fully saturated rings. The Morgan fingerprint density at radius 1 is 1.00 bits per heavy atom. The zero-order valence-electron chi connectivity index (χ0n) is 21.8. The average Bonchev–Trinajstić information content (AvgIpc) is 3.28. The number of nitrogens with zero attached hydrogens (tertiary/aromatic N) is 3. The van der Waals surface area contributed by atoms with Crippen molar-refractivity contribution >= 4 is 32.4 Å². The molecule has 0 spiro atoms. The number of benzene rings is 2. The topological polar surface area (TPSA) is 129 Å². The summed E-state index contributed by atoms with van der Waals surface area (Å²) >= 11 is 0. The summed E-state index contributed by atoms with van der Waals surface area (Å²) in [5, 5.41) is 4.94. The highest BCUT2D eigenvalue weighted by molar-refractivity contribution is 7.92. The molecular formula is C27H28F4N6O2S. The molecule has 1 aliphatic carbocycles. The van der Waals surface area contributed by atoms with E-state index < -0.39 is 43.9 Å². The van der Waals surface area contributed by atoms with Gasteiger partial charge in [0.15, 0.2) is 4.90 Å². The summed E-state index contributed by atoms with van der Waals surface area (Å²) in [6.07, 6.45) is 5.04. The number of anilines is 2. The van der Waals surface area contributed by atoms with Crippen LogP contribution in [0.2, 0.25) is 0 Å². The fourth-order valence-corrected chi connectivity index (χ4v) is 6.45. The van der Waals surface area contributed by atoms with Gasteiger partial charge in [-0.1, -0.05) is 6.07 Å². The van der Waals surface area contributed by atoms with Gasteiger partial charge in [0.05, 0.1) is 16.6 Å². The summed E-state index contributed by atoms with van der Waals surface area (Å²) < 4.78 is 87.7. The van der Waals surface area contributed by atoms with Gasteiger partial charge >= 0.3 is 0 Å². The average molecular weight is 577 g/mol. The number of nitrogen functional groups attached to an aromatic ring is 1. The summed E-state index contributed by atoms with van der Waals surface area (Å²) in [4.78, 5) is 3.03. The van der Waals surface area contributed by atoms with Crippen molar-refractivity contribution in [1.82, 2.24) is 14.8 Å². The van der Waals surface area contributed by atoms with Crippen LogP contribution in [0.25, 0.3) is 22.2 Å². The van der Waals surface area contributed by atoms with Crippen LogP contribution in [0.5, 0.6) is 0 Å². The molecule has 0 amide bonds. The van der Waals surface area contributed by atoms with Crippen molar-refractivity contribution in [2.24, 2.45) is 5.73 Å². The summed E-state index contributed by atoms with van der Waals surface area (Å²) in [6.45, 7) is 3.79. The molecule has 40 heavy (non-hydrogen) atoms. The molecule has 5 N–H and O–H groups in total. The fourth-order valence-electron chi connectivity index (χ4n) is 5.25. The van der Waals surface area contributed by atoms with Gasteiger partial charge in [0.25, 0.3) is 10.0 Å². The maximum atomic E-state index is 15.5. The lowest BCUT2D eigenvalue weighted by molar-refractivity contribution is 0.395. The predicted octanol–water partition coefficient (Wildman–Crippen LogP) is 5.60. The van der Waals surface area contributed by atoms with E-state index in [1.165, 1.54) is 0 Å². The number of aromatic nitrogens is 3. The minimum absolute atomic E-state index is 0.0361. The zero-order valence-corrected chi connectivity index (χ0v) is 22.6. The molecule has 8 nitrogen and oxygen atoms in total. The number of hydrogen-bond acceptors (Lipinski definition) is 6. The Hall–Kier alpha value is -3.71. The number of pyridine rings is 1. The van der Waals surface area contributed by atoms with Crippen molar-refractivity contribution in [1.29, 1.82) is 0 Å². The third-order valence-electron chi connectivity index (χ3n) is 7.23. The monoisotopic (exact) mass is 576 g/mol. The largest absolute Gasteiger partial charge is 0.383 e. The van der Waals surface area contributed by atoms with Crippen molar-refractivity contribution in [2.75, 3.05) is 10.5 Å². The first-order chi connectivity index (χ1) is 18.9. The third kappa shape index (κ3) is 4.87. The number of nitrogens with two attached hydrogens (primary N) is 2. The van der Waals surface area contributed by atoms with Gasteiger partial charge in [-0.15, -0.1) is 0 Å². The maximum absolute atomic E-state index is 15.5. The highest BCUT2D eigenvalue weighted by Gasteiger charge is 2.30. The first kappa shape index (κ1) is 27.8.